The fourth-order valence-electron chi connectivity index (χ4n) is 2.09. The number of carbonyl (C=O) groups excluding carboxylic acids is 1. The molecule has 1 aromatic carbocycles. The van der Waals surface area contributed by atoms with Crippen LogP contribution in [0.1, 0.15) is 21.1 Å². The van der Waals surface area contributed by atoms with Crippen LogP contribution in [0.2, 0.25) is 0 Å². The second-order valence-corrected chi connectivity index (χ2v) is 6.02. The van der Waals surface area contributed by atoms with Crippen LogP contribution in [0, 0.1) is 6.92 Å². The third kappa shape index (κ3) is 4.79. The summed E-state index contributed by atoms with van der Waals surface area (Å²) in [6, 6.07) is 7.18. The molecule has 0 unspecified atom stereocenters. The first-order valence-corrected chi connectivity index (χ1v) is 8.17. The molecule has 1 aromatic heterocycles. The van der Waals surface area contributed by atoms with Gasteiger partial charge in [0.15, 0.2) is 0 Å². The number of carbonyl (C=O) groups is 1. The Morgan fingerprint density at radius 3 is 2.70 bits per heavy atom. The zero-order valence-electron chi connectivity index (χ0n) is 13.2. The van der Waals surface area contributed by atoms with Crippen molar-refractivity contribution in [2.45, 2.75) is 13.5 Å². The van der Waals surface area contributed by atoms with E-state index in [0.29, 0.717) is 31.0 Å². The normalized spacial score (nSPS) is 10.1. The van der Waals surface area contributed by atoms with Crippen LogP contribution >= 0.6 is 11.3 Å². The number of ether oxygens (including phenoxy) is 1. The van der Waals surface area contributed by atoms with Crippen LogP contribution in [0.5, 0.6) is 5.75 Å². The molecule has 0 bridgehead atoms. The summed E-state index contributed by atoms with van der Waals surface area (Å²) in [7, 11) is 0. The maximum atomic E-state index is 12.5. The van der Waals surface area contributed by atoms with Gasteiger partial charge in [-0.25, -0.2) is 4.98 Å². The second-order valence-electron chi connectivity index (χ2n) is 4.96. The van der Waals surface area contributed by atoms with Crippen LogP contribution < -0.4 is 4.74 Å². The Hall–Kier alpha value is -2.40. The van der Waals surface area contributed by atoms with E-state index in [9.17, 15) is 4.79 Å². The minimum absolute atomic E-state index is 0.0697. The molecule has 0 fully saturated rings. The van der Waals surface area contributed by atoms with Gasteiger partial charge < -0.3 is 9.64 Å². The average Bonchev–Trinajstić information content (AvgIpc) is 2.98. The van der Waals surface area contributed by atoms with E-state index >= 15 is 0 Å². The van der Waals surface area contributed by atoms with E-state index in [4.69, 9.17) is 4.74 Å². The molecule has 0 aliphatic heterocycles. The van der Waals surface area contributed by atoms with Crippen molar-refractivity contribution in [1.29, 1.82) is 0 Å². The predicted molar refractivity (Wildman–Crippen MR) is 93.9 cm³/mol. The smallest absolute Gasteiger partial charge is 0.254 e. The summed E-state index contributed by atoms with van der Waals surface area (Å²) in [4.78, 5) is 18.5. The highest BCUT2D eigenvalue weighted by molar-refractivity contribution is 7.09. The van der Waals surface area contributed by atoms with Crippen LogP contribution in [0.4, 0.5) is 0 Å². The Bertz CT molecular complexity index is 684. The van der Waals surface area contributed by atoms with Crippen LogP contribution in [0.15, 0.2) is 55.0 Å². The third-order valence-corrected chi connectivity index (χ3v) is 3.94. The molecule has 4 nitrogen and oxygen atoms in total. The summed E-state index contributed by atoms with van der Waals surface area (Å²) in [5, 5.41) is 2.98. The highest BCUT2D eigenvalue weighted by Crippen LogP contribution is 2.17. The van der Waals surface area contributed by atoms with Gasteiger partial charge in [-0.05, 0) is 25.1 Å². The predicted octanol–water partition coefficient (Wildman–Crippen LogP) is 3.84. The summed E-state index contributed by atoms with van der Waals surface area (Å²) in [6.07, 6.45) is 3.40. The quantitative estimate of drug-likeness (QED) is 0.691. The molecule has 120 valence electrons. The van der Waals surface area contributed by atoms with Gasteiger partial charge in [0.05, 0.1) is 10.7 Å². The second kappa shape index (κ2) is 8.29. The fourth-order valence-corrected chi connectivity index (χ4v) is 2.68. The molecule has 0 saturated carbocycles. The van der Waals surface area contributed by atoms with Crippen molar-refractivity contribution in [1.82, 2.24) is 9.88 Å². The molecule has 0 saturated heterocycles. The fraction of sp³-hybridized carbons (Fsp3) is 0.222. The van der Waals surface area contributed by atoms with Crippen molar-refractivity contribution >= 4 is 17.2 Å². The largest absolute Gasteiger partial charge is 0.487 e. The van der Waals surface area contributed by atoms with E-state index in [2.05, 4.69) is 18.1 Å². The van der Waals surface area contributed by atoms with Gasteiger partial charge in [-0.2, -0.15) is 0 Å². The number of aryl methyl sites for hydroxylation is 1. The Morgan fingerprint density at radius 2 is 2.09 bits per heavy atom. The SMILES string of the molecule is C=CCN(CC=C)C(=O)c1cccc(OCc2csc(C)n2)c1. The summed E-state index contributed by atoms with van der Waals surface area (Å²) in [5.74, 6) is 0.582. The van der Waals surface area contributed by atoms with Crippen molar-refractivity contribution in [3.8, 4) is 5.75 Å². The lowest BCUT2D eigenvalue weighted by molar-refractivity contribution is 0.0790. The number of thiazole rings is 1. The molecule has 0 N–H and O–H groups in total. The van der Waals surface area contributed by atoms with Gasteiger partial charge >= 0.3 is 0 Å². The number of nitrogens with zero attached hydrogens (tertiary/aromatic N) is 2. The van der Waals surface area contributed by atoms with Crippen molar-refractivity contribution in [2.75, 3.05) is 13.1 Å². The van der Waals surface area contributed by atoms with E-state index in [1.807, 2.05) is 24.4 Å². The molecule has 0 radical (unpaired) electrons. The highest BCUT2D eigenvalue weighted by Gasteiger charge is 2.14. The summed E-state index contributed by atoms with van der Waals surface area (Å²) in [5.41, 5.74) is 1.48. The van der Waals surface area contributed by atoms with Crippen LogP contribution in [0.3, 0.4) is 0 Å². The monoisotopic (exact) mass is 328 g/mol. The Morgan fingerprint density at radius 1 is 1.35 bits per heavy atom. The number of rotatable bonds is 8. The van der Waals surface area contributed by atoms with E-state index in [0.717, 1.165) is 10.7 Å². The Balaban J connectivity index is 2.07. The van der Waals surface area contributed by atoms with Gasteiger partial charge in [-0.3, -0.25) is 4.79 Å². The number of hydrogen-bond acceptors (Lipinski definition) is 4. The highest BCUT2D eigenvalue weighted by atomic mass is 32.1. The lowest BCUT2D eigenvalue weighted by atomic mass is 10.2. The van der Waals surface area contributed by atoms with Crippen molar-refractivity contribution < 1.29 is 9.53 Å². The van der Waals surface area contributed by atoms with Gasteiger partial charge in [0.1, 0.15) is 12.4 Å². The topological polar surface area (TPSA) is 42.4 Å². The molecule has 23 heavy (non-hydrogen) atoms. The standard InChI is InChI=1S/C18H20N2O2S/c1-4-9-20(10-5-2)18(21)15-7-6-8-17(11-15)22-12-16-13-23-14(3)19-16/h4-8,11,13H,1-2,9-10,12H2,3H3. The molecular formula is C18H20N2O2S. The van der Waals surface area contributed by atoms with E-state index in [1.165, 1.54) is 0 Å². The molecule has 0 spiro atoms. The molecule has 0 aliphatic rings. The molecule has 5 heteroatoms. The van der Waals surface area contributed by atoms with E-state index in [1.54, 1.807) is 40.5 Å². The zero-order chi connectivity index (χ0) is 16.7. The minimum atomic E-state index is -0.0697. The molecule has 0 atom stereocenters. The number of amides is 1. The Labute approximate surface area is 140 Å². The van der Waals surface area contributed by atoms with Crippen molar-refractivity contribution in [3.63, 3.8) is 0 Å². The first-order chi connectivity index (χ1) is 11.1. The molecule has 0 aliphatic carbocycles. The van der Waals surface area contributed by atoms with E-state index < -0.39 is 0 Å². The van der Waals surface area contributed by atoms with Crippen LogP contribution in [-0.2, 0) is 6.61 Å². The van der Waals surface area contributed by atoms with Gasteiger partial charge in [0.25, 0.3) is 5.91 Å². The van der Waals surface area contributed by atoms with Gasteiger partial charge in [-0.1, -0.05) is 18.2 Å². The van der Waals surface area contributed by atoms with Crippen molar-refractivity contribution in [2.24, 2.45) is 0 Å². The number of benzene rings is 1. The summed E-state index contributed by atoms with van der Waals surface area (Å²) >= 11 is 1.59. The molecule has 1 amide bonds. The maximum absolute atomic E-state index is 12.5. The number of hydrogen-bond donors (Lipinski definition) is 0. The minimum Gasteiger partial charge on any atom is -0.487 e. The first kappa shape index (κ1) is 17.0. The zero-order valence-corrected chi connectivity index (χ0v) is 14.0. The third-order valence-electron chi connectivity index (χ3n) is 3.12. The molecule has 2 aromatic rings. The van der Waals surface area contributed by atoms with E-state index in [-0.39, 0.29) is 5.91 Å². The first-order valence-electron chi connectivity index (χ1n) is 7.29. The maximum Gasteiger partial charge on any atom is 0.254 e. The lowest BCUT2D eigenvalue weighted by Crippen LogP contribution is -2.31. The molecular weight excluding hydrogens is 308 g/mol. The van der Waals surface area contributed by atoms with Gasteiger partial charge in [0, 0.05) is 24.0 Å². The van der Waals surface area contributed by atoms with Crippen LogP contribution in [0.25, 0.3) is 0 Å². The summed E-state index contributed by atoms with van der Waals surface area (Å²) < 4.78 is 5.73. The number of aromatic nitrogens is 1. The Kier molecular flexibility index (Phi) is 6.11. The van der Waals surface area contributed by atoms with Crippen LogP contribution in [-0.4, -0.2) is 28.9 Å². The lowest BCUT2D eigenvalue weighted by Gasteiger charge is -2.19. The molecule has 2 rings (SSSR count). The van der Waals surface area contributed by atoms with Crippen molar-refractivity contribution in [3.05, 3.63) is 71.2 Å². The summed E-state index contributed by atoms with van der Waals surface area (Å²) in [6.45, 7) is 10.7. The van der Waals surface area contributed by atoms with Gasteiger partial charge in [0.2, 0.25) is 0 Å². The molecule has 1 heterocycles. The average molecular weight is 328 g/mol. The van der Waals surface area contributed by atoms with Gasteiger partial charge in [-0.15, -0.1) is 24.5 Å².